The maximum absolute atomic E-state index is 12.0. The molecule has 1 fully saturated rings. The summed E-state index contributed by atoms with van der Waals surface area (Å²) in [5.41, 5.74) is 4.85. The quantitative estimate of drug-likeness (QED) is 0.784. The van der Waals surface area contributed by atoms with Crippen molar-refractivity contribution in [2.24, 2.45) is 5.73 Å². The third-order valence-corrected chi connectivity index (χ3v) is 4.00. The van der Waals surface area contributed by atoms with Gasteiger partial charge < -0.3 is 15.6 Å². The predicted octanol–water partition coefficient (Wildman–Crippen LogP) is 3.13. The number of anilines is 1. The highest BCUT2D eigenvalue weighted by Gasteiger charge is 2.51. The van der Waals surface area contributed by atoms with E-state index in [1.165, 1.54) is 6.07 Å². The topological polar surface area (TPSA) is 102 Å². The SMILES string of the molecule is CC(C)(C)OC(=O)Nc1cc(Cl)ccc1C1(C(=O)O)CC(N)C1. The second kappa shape index (κ2) is 6.02. The molecule has 0 radical (unpaired) electrons. The van der Waals surface area contributed by atoms with Gasteiger partial charge in [-0.3, -0.25) is 10.1 Å². The number of benzene rings is 1. The van der Waals surface area contributed by atoms with Crippen LogP contribution in [0, 0.1) is 0 Å². The number of nitrogens with one attached hydrogen (secondary N) is 1. The molecule has 0 atom stereocenters. The molecule has 0 spiro atoms. The van der Waals surface area contributed by atoms with Gasteiger partial charge in [0.1, 0.15) is 5.60 Å². The zero-order chi connectivity index (χ0) is 17.4. The fourth-order valence-corrected chi connectivity index (χ4v) is 2.97. The molecular weight excluding hydrogens is 320 g/mol. The lowest BCUT2D eigenvalue weighted by atomic mass is 9.61. The predicted molar refractivity (Wildman–Crippen MR) is 87.8 cm³/mol. The van der Waals surface area contributed by atoms with Crippen LogP contribution in [0.25, 0.3) is 0 Å². The number of hydrogen-bond donors (Lipinski definition) is 3. The van der Waals surface area contributed by atoms with Gasteiger partial charge in [0.2, 0.25) is 0 Å². The Kier molecular flexibility index (Phi) is 4.59. The summed E-state index contributed by atoms with van der Waals surface area (Å²) in [4.78, 5) is 23.8. The minimum absolute atomic E-state index is 0.170. The number of rotatable bonds is 3. The zero-order valence-electron chi connectivity index (χ0n) is 13.4. The molecule has 0 unspecified atom stereocenters. The van der Waals surface area contributed by atoms with Gasteiger partial charge >= 0.3 is 12.1 Å². The molecule has 0 aliphatic heterocycles. The summed E-state index contributed by atoms with van der Waals surface area (Å²) in [6, 6.07) is 4.58. The van der Waals surface area contributed by atoms with Gasteiger partial charge in [0.25, 0.3) is 0 Å². The Morgan fingerprint density at radius 2 is 2.00 bits per heavy atom. The normalized spacial score (nSPS) is 23.8. The van der Waals surface area contributed by atoms with E-state index in [9.17, 15) is 14.7 Å². The number of carboxylic acid groups (broad SMARTS) is 1. The molecule has 1 amide bonds. The first-order valence-electron chi connectivity index (χ1n) is 7.32. The summed E-state index contributed by atoms with van der Waals surface area (Å²) in [5, 5.41) is 12.6. The van der Waals surface area contributed by atoms with E-state index in [4.69, 9.17) is 22.1 Å². The van der Waals surface area contributed by atoms with Crippen LogP contribution in [-0.4, -0.2) is 28.8 Å². The van der Waals surface area contributed by atoms with Crippen LogP contribution in [0.3, 0.4) is 0 Å². The van der Waals surface area contributed by atoms with Crippen LogP contribution in [-0.2, 0) is 14.9 Å². The number of amides is 1. The Morgan fingerprint density at radius 3 is 2.48 bits per heavy atom. The van der Waals surface area contributed by atoms with Crippen LogP contribution in [0.15, 0.2) is 18.2 Å². The van der Waals surface area contributed by atoms with Crippen molar-refractivity contribution in [1.29, 1.82) is 0 Å². The molecule has 6 nitrogen and oxygen atoms in total. The summed E-state index contributed by atoms with van der Waals surface area (Å²) < 4.78 is 5.22. The molecule has 0 bridgehead atoms. The number of aliphatic carboxylic acids is 1. The van der Waals surface area contributed by atoms with Crippen molar-refractivity contribution < 1.29 is 19.4 Å². The molecule has 126 valence electrons. The fourth-order valence-electron chi connectivity index (χ4n) is 2.80. The molecule has 1 aromatic carbocycles. The van der Waals surface area contributed by atoms with Crippen molar-refractivity contribution in [2.45, 2.75) is 50.7 Å². The van der Waals surface area contributed by atoms with Crippen molar-refractivity contribution in [3.63, 3.8) is 0 Å². The molecule has 0 aromatic heterocycles. The largest absolute Gasteiger partial charge is 0.481 e. The van der Waals surface area contributed by atoms with E-state index in [1.54, 1.807) is 32.9 Å². The smallest absolute Gasteiger partial charge is 0.412 e. The molecule has 0 heterocycles. The van der Waals surface area contributed by atoms with Crippen LogP contribution in [0.2, 0.25) is 5.02 Å². The summed E-state index contributed by atoms with van der Waals surface area (Å²) in [7, 11) is 0. The van der Waals surface area contributed by atoms with Gasteiger partial charge in [-0.2, -0.15) is 0 Å². The van der Waals surface area contributed by atoms with Crippen molar-refractivity contribution in [3.05, 3.63) is 28.8 Å². The molecule has 23 heavy (non-hydrogen) atoms. The molecule has 1 aliphatic carbocycles. The standard InChI is InChI=1S/C16H21ClN2O4/c1-15(2,3)23-14(22)19-12-6-9(17)4-5-11(12)16(13(20)21)7-10(18)8-16/h4-6,10H,7-8,18H2,1-3H3,(H,19,22)(H,20,21). The van der Waals surface area contributed by atoms with E-state index in [-0.39, 0.29) is 6.04 Å². The first-order chi connectivity index (χ1) is 10.5. The lowest BCUT2D eigenvalue weighted by molar-refractivity contribution is -0.148. The summed E-state index contributed by atoms with van der Waals surface area (Å²) in [5.74, 6) is -0.964. The van der Waals surface area contributed by atoms with E-state index in [2.05, 4.69) is 5.32 Å². The molecular formula is C16H21ClN2O4. The Hall–Kier alpha value is -1.79. The highest BCUT2D eigenvalue weighted by atomic mass is 35.5. The van der Waals surface area contributed by atoms with Gasteiger partial charge in [-0.05, 0) is 51.3 Å². The number of ether oxygens (including phenoxy) is 1. The molecule has 1 aromatic rings. The van der Waals surface area contributed by atoms with Crippen molar-refractivity contribution in [3.8, 4) is 0 Å². The molecule has 1 saturated carbocycles. The summed E-state index contributed by atoms with van der Waals surface area (Å²) >= 11 is 5.99. The van der Waals surface area contributed by atoms with Gasteiger partial charge in [-0.1, -0.05) is 17.7 Å². The Bertz CT molecular complexity index is 633. The third-order valence-electron chi connectivity index (χ3n) is 3.76. The number of halogens is 1. The van der Waals surface area contributed by atoms with Crippen molar-refractivity contribution in [1.82, 2.24) is 0 Å². The first-order valence-corrected chi connectivity index (χ1v) is 7.70. The van der Waals surface area contributed by atoms with Gasteiger partial charge in [-0.15, -0.1) is 0 Å². The zero-order valence-corrected chi connectivity index (χ0v) is 14.1. The molecule has 0 saturated heterocycles. The van der Waals surface area contributed by atoms with Crippen molar-refractivity contribution >= 4 is 29.4 Å². The number of hydrogen-bond acceptors (Lipinski definition) is 4. The van der Waals surface area contributed by atoms with E-state index < -0.39 is 23.1 Å². The third kappa shape index (κ3) is 3.76. The van der Waals surface area contributed by atoms with Crippen LogP contribution >= 0.6 is 11.6 Å². The van der Waals surface area contributed by atoms with Crippen LogP contribution in [0.4, 0.5) is 10.5 Å². The van der Waals surface area contributed by atoms with E-state index in [1.807, 2.05) is 0 Å². The summed E-state index contributed by atoms with van der Waals surface area (Å²) in [6.45, 7) is 5.24. The van der Waals surface area contributed by atoms with Crippen LogP contribution < -0.4 is 11.1 Å². The molecule has 1 aliphatic rings. The maximum Gasteiger partial charge on any atom is 0.412 e. The summed E-state index contributed by atoms with van der Waals surface area (Å²) in [6.07, 6.45) is -0.0369. The van der Waals surface area contributed by atoms with E-state index >= 15 is 0 Å². The maximum atomic E-state index is 12.0. The van der Waals surface area contributed by atoms with E-state index in [0.29, 0.717) is 29.1 Å². The number of carbonyl (C=O) groups excluding carboxylic acids is 1. The average molecular weight is 341 g/mol. The van der Waals surface area contributed by atoms with Gasteiger partial charge in [0.15, 0.2) is 0 Å². The minimum atomic E-state index is -1.10. The van der Waals surface area contributed by atoms with Crippen LogP contribution in [0.5, 0.6) is 0 Å². The van der Waals surface area contributed by atoms with E-state index in [0.717, 1.165) is 0 Å². The second-order valence-electron chi connectivity index (χ2n) is 6.87. The average Bonchev–Trinajstić information content (AvgIpc) is 2.32. The molecule has 7 heteroatoms. The van der Waals surface area contributed by atoms with Crippen LogP contribution in [0.1, 0.15) is 39.2 Å². The lowest BCUT2D eigenvalue weighted by Gasteiger charge is -2.43. The molecule has 4 N–H and O–H groups in total. The number of carbonyl (C=O) groups is 2. The Balaban J connectivity index is 2.35. The minimum Gasteiger partial charge on any atom is -0.481 e. The number of nitrogens with two attached hydrogens (primary N) is 1. The Labute approximate surface area is 139 Å². The second-order valence-corrected chi connectivity index (χ2v) is 7.31. The molecule has 2 rings (SSSR count). The first kappa shape index (κ1) is 17.6. The Morgan fingerprint density at radius 1 is 1.39 bits per heavy atom. The van der Waals surface area contributed by atoms with Crippen molar-refractivity contribution in [2.75, 3.05) is 5.32 Å². The lowest BCUT2D eigenvalue weighted by Crippen LogP contribution is -2.54. The fraction of sp³-hybridized carbons (Fsp3) is 0.500. The monoisotopic (exact) mass is 340 g/mol. The highest BCUT2D eigenvalue weighted by Crippen LogP contribution is 2.46. The van der Waals surface area contributed by atoms with Gasteiger partial charge in [0.05, 0.1) is 5.41 Å². The number of carboxylic acids is 1. The van der Waals surface area contributed by atoms with Gasteiger partial charge in [0, 0.05) is 16.8 Å². The highest BCUT2D eigenvalue weighted by molar-refractivity contribution is 6.31. The van der Waals surface area contributed by atoms with Gasteiger partial charge in [-0.25, -0.2) is 4.79 Å².